The number of hydrogen-bond donors (Lipinski definition) is 1. The number of aromatic nitrogens is 1. The van der Waals surface area contributed by atoms with Crippen LogP contribution >= 0.6 is 0 Å². The molecule has 1 N–H and O–H groups in total. The average Bonchev–Trinajstić information content (AvgIpc) is 2.82. The van der Waals surface area contributed by atoms with Crippen LogP contribution in [0.25, 0.3) is 22.2 Å². The molecule has 0 radical (unpaired) electrons. The molecule has 3 aromatic carbocycles. The number of fused-ring (bicyclic) bond motifs is 1. The van der Waals surface area contributed by atoms with Crippen LogP contribution in [0.1, 0.15) is 27.6 Å². The van der Waals surface area contributed by atoms with E-state index in [2.05, 4.69) is 10.3 Å². The van der Waals surface area contributed by atoms with Gasteiger partial charge in [-0.15, -0.1) is 0 Å². The highest BCUT2D eigenvalue weighted by molar-refractivity contribution is 6.06. The maximum Gasteiger partial charge on any atom is 0.339 e. The van der Waals surface area contributed by atoms with Crippen LogP contribution in [0, 0.1) is 5.82 Å². The lowest BCUT2D eigenvalue weighted by Crippen LogP contribution is -2.15. The first-order valence-corrected chi connectivity index (χ1v) is 10.1. The molecule has 4 rings (SSSR count). The van der Waals surface area contributed by atoms with Crippen LogP contribution in [-0.4, -0.2) is 29.3 Å². The van der Waals surface area contributed by atoms with Crippen molar-refractivity contribution in [2.45, 2.75) is 6.92 Å². The highest BCUT2D eigenvalue weighted by Crippen LogP contribution is 2.25. The standard InChI is InChI=1S/C26H19FN2O4/c1-16(30)28-20-12-8-18(9-13-20)25(31)15-33-26(32)22-14-24(17-6-10-19(27)11-7-17)29-23-5-3-2-4-21(22)23/h2-14H,15H2,1H3,(H,28,30). The lowest BCUT2D eigenvalue weighted by Gasteiger charge is -2.10. The number of ketones is 1. The molecular formula is C26H19FN2O4. The second-order valence-electron chi connectivity index (χ2n) is 7.34. The number of nitrogens with zero attached hydrogens (tertiary/aromatic N) is 1. The van der Waals surface area contributed by atoms with Crippen molar-refractivity contribution >= 4 is 34.3 Å². The third-order valence-electron chi connectivity index (χ3n) is 4.94. The predicted octanol–water partition coefficient (Wildman–Crippen LogP) is 5.04. The molecule has 1 aromatic heterocycles. The van der Waals surface area contributed by atoms with Crippen LogP contribution in [0.15, 0.2) is 78.9 Å². The quantitative estimate of drug-likeness (QED) is 0.334. The Balaban J connectivity index is 1.55. The average molecular weight is 442 g/mol. The molecule has 0 bridgehead atoms. The summed E-state index contributed by atoms with van der Waals surface area (Å²) in [7, 11) is 0. The number of halogens is 1. The predicted molar refractivity (Wildman–Crippen MR) is 122 cm³/mol. The Morgan fingerprint density at radius 2 is 1.64 bits per heavy atom. The minimum absolute atomic E-state index is 0.215. The van der Waals surface area contributed by atoms with Crippen molar-refractivity contribution in [1.82, 2.24) is 4.98 Å². The summed E-state index contributed by atoms with van der Waals surface area (Å²) < 4.78 is 18.6. The number of carbonyl (C=O) groups is 3. The third-order valence-corrected chi connectivity index (χ3v) is 4.94. The van der Waals surface area contributed by atoms with E-state index in [4.69, 9.17) is 4.74 Å². The van der Waals surface area contributed by atoms with Gasteiger partial charge in [0.2, 0.25) is 5.91 Å². The molecule has 0 aliphatic carbocycles. The van der Waals surface area contributed by atoms with E-state index in [1.165, 1.54) is 19.1 Å². The first-order chi connectivity index (χ1) is 15.9. The Bertz CT molecular complexity index is 1350. The fourth-order valence-electron chi connectivity index (χ4n) is 3.35. The Morgan fingerprint density at radius 3 is 2.33 bits per heavy atom. The number of pyridine rings is 1. The summed E-state index contributed by atoms with van der Waals surface area (Å²) in [5.41, 5.74) is 2.88. The molecule has 6 nitrogen and oxygen atoms in total. The van der Waals surface area contributed by atoms with Gasteiger partial charge >= 0.3 is 5.97 Å². The molecule has 1 amide bonds. The molecule has 0 unspecified atom stereocenters. The van der Waals surface area contributed by atoms with Crippen LogP contribution < -0.4 is 5.32 Å². The molecule has 1 heterocycles. The van der Waals surface area contributed by atoms with Gasteiger partial charge in [0.25, 0.3) is 0 Å². The number of benzene rings is 3. The fraction of sp³-hybridized carbons (Fsp3) is 0.0769. The highest BCUT2D eigenvalue weighted by atomic mass is 19.1. The van der Waals surface area contributed by atoms with Crippen LogP contribution in [0.5, 0.6) is 0 Å². The van der Waals surface area contributed by atoms with Gasteiger partial charge in [0.15, 0.2) is 12.4 Å². The first-order valence-electron chi connectivity index (χ1n) is 10.1. The Morgan fingerprint density at radius 1 is 0.939 bits per heavy atom. The van der Waals surface area contributed by atoms with Crippen molar-refractivity contribution in [3.63, 3.8) is 0 Å². The number of ether oxygens (including phenoxy) is 1. The van der Waals surface area contributed by atoms with E-state index in [0.717, 1.165) is 0 Å². The van der Waals surface area contributed by atoms with E-state index in [9.17, 15) is 18.8 Å². The molecule has 0 aliphatic rings. The van der Waals surface area contributed by atoms with Gasteiger partial charge in [-0.25, -0.2) is 14.2 Å². The maximum absolute atomic E-state index is 13.3. The molecule has 0 aliphatic heterocycles. The van der Waals surface area contributed by atoms with E-state index in [-0.39, 0.29) is 23.1 Å². The summed E-state index contributed by atoms with van der Waals surface area (Å²) in [6.07, 6.45) is 0. The van der Waals surface area contributed by atoms with E-state index in [1.54, 1.807) is 66.7 Å². The van der Waals surface area contributed by atoms with Gasteiger partial charge in [-0.05, 0) is 60.7 Å². The summed E-state index contributed by atoms with van der Waals surface area (Å²) in [5, 5.41) is 3.20. The summed E-state index contributed by atoms with van der Waals surface area (Å²) >= 11 is 0. The molecular weight excluding hydrogens is 423 g/mol. The summed E-state index contributed by atoms with van der Waals surface area (Å²) in [4.78, 5) is 41.1. The van der Waals surface area contributed by atoms with Gasteiger partial charge < -0.3 is 10.1 Å². The van der Waals surface area contributed by atoms with Gasteiger partial charge in [0, 0.05) is 29.1 Å². The van der Waals surface area contributed by atoms with Gasteiger partial charge in [0.05, 0.1) is 16.8 Å². The zero-order chi connectivity index (χ0) is 23.4. The summed E-state index contributed by atoms with van der Waals surface area (Å²) in [6, 6.07) is 20.8. The zero-order valence-electron chi connectivity index (χ0n) is 17.7. The van der Waals surface area contributed by atoms with Crippen LogP contribution in [-0.2, 0) is 9.53 Å². The maximum atomic E-state index is 13.3. The number of hydrogen-bond acceptors (Lipinski definition) is 5. The molecule has 4 aromatic rings. The number of anilines is 1. The van der Waals surface area contributed by atoms with E-state index < -0.39 is 12.6 Å². The molecule has 7 heteroatoms. The van der Waals surface area contributed by atoms with Crippen molar-refractivity contribution in [3.05, 3.63) is 95.8 Å². The van der Waals surface area contributed by atoms with E-state index in [0.29, 0.717) is 33.4 Å². The first kappa shape index (κ1) is 21.8. The third kappa shape index (κ3) is 5.10. The summed E-state index contributed by atoms with van der Waals surface area (Å²) in [5.74, 6) is -1.63. The van der Waals surface area contributed by atoms with Crippen LogP contribution in [0.3, 0.4) is 0 Å². The van der Waals surface area contributed by atoms with Gasteiger partial charge in [-0.1, -0.05) is 18.2 Å². The number of carbonyl (C=O) groups excluding carboxylic acids is 3. The van der Waals surface area contributed by atoms with E-state index >= 15 is 0 Å². The van der Waals surface area contributed by atoms with Gasteiger partial charge in [0.1, 0.15) is 5.82 Å². The Kier molecular flexibility index (Phi) is 6.22. The van der Waals surface area contributed by atoms with Crippen molar-refractivity contribution < 1.29 is 23.5 Å². The summed E-state index contributed by atoms with van der Waals surface area (Å²) in [6.45, 7) is 0.948. The number of para-hydroxylation sites is 1. The Labute approximate surface area is 189 Å². The minimum atomic E-state index is -0.667. The molecule has 164 valence electrons. The van der Waals surface area contributed by atoms with Crippen molar-refractivity contribution in [1.29, 1.82) is 0 Å². The topological polar surface area (TPSA) is 85.4 Å². The number of esters is 1. The largest absolute Gasteiger partial charge is 0.454 e. The zero-order valence-corrected chi connectivity index (χ0v) is 17.7. The number of amides is 1. The SMILES string of the molecule is CC(=O)Nc1ccc(C(=O)COC(=O)c2cc(-c3ccc(F)cc3)nc3ccccc23)cc1. The number of Topliss-reactive ketones (excluding diaryl/α,β-unsaturated/α-hetero) is 1. The normalized spacial score (nSPS) is 10.6. The van der Waals surface area contributed by atoms with Crippen LogP contribution in [0.2, 0.25) is 0 Å². The lowest BCUT2D eigenvalue weighted by atomic mass is 10.0. The van der Waals surface area contributed by atoms with Gasteiger partial charge in [-0.3, -0.25) is 9.59 Å². The molecule has 0 spiro atoms. The van der Waals surface area contributed by atoms with Gasteiger partial charge in [-0.2, -0.15) is 0 Å². The second-order valence-corrected chi connectivity index (χ2v) is 7.34. The van der Waals surface area contributed by atoms with Crippen LogP contribution in [0.4, 0.5) is 10.1 Å². The van der Waals surface area contributed by atoms with E-state index in [1.807, 2.05) is 0 Å². The van der Waals surface area contributed by atoms with Crippen molar-refractivity contribution in [3.8, 4) is 11.3 Å². The molecule has 33 heavy (non-hydrogen) atoms. The smallest absolute Gasteiger partial charge is 0.339 e. The minimum Gasteiger partial charge on any atom is -0.454 e. The molecule has 0 saturated heterocycles. The number of rotatable bonds is 6. The number of nitrogens with one attached hydrogen (secondary N) is 1. The fourth-order valence-corrected chi connectivity index (χ4v) is 3.35. The lowest BCUT2D eigenvalue weighted by molar-refractivity contribution is -0.114. The van der Waals surface area contributed by atoms with Crippen molar-refractivity contribution in [2.75, 3.05) is 11.9 Å². The molecule has 0 fully saturated rings. The molecule has 0 atom stereocenters. The monoisotopic (exact) mass is 442 g/mol. The highest BCUT2D eigenvalue weighted by Gasteiger charge is 2.17. The van der Waals surface area contributed by atoms with Crippen molar-refractivity contribution in [2.24, 2.45) is 0 Å². The Hall–Kier alpha value is -4.39. The molecule has 0 saturated carbocycles. The second kappa shape index (κ2) is 9.40.